The summed E-state index contributed by atoms with van der Waals surface area (Å²) in [4.78, 5) is 0. The van der Waals surface area contributed by atoms with Gasteiger partial charge in [0.15, 0.2) is 11.5 Å². The summed E-state index contributed by atoms with van der Waals surface area (Å²) in [6.45, 7) is 0.525. The van der Waals surface area contributed by atoms with Crippen molar-refractivity contribution in [2.45, 2.75) is 12.8 Å². The predicted molar refractivity (Wildman–Crippen MR) is 55.1 cm³/mol. The van der Waals surface area contributed by atoms with Gasteiger partial charge in [-0.05, 0) is 30.7 Å². The van der Waals surface area contributed by atoms with Crippen LogP contribution in [0.4, 0.5) is 8.78 Å². The fourth-order valence-corrected chi connectivity index (χ4v) is 1.54. The SMILES string of the molecule is FC(F)CNCCc1ccc2c(c1)OCO2. The third-order valence-electron chi connectivity index (χ3n) is 2.33. The van der Waals surface area contributed by atoms with E-state index in [-0.39, 0.29) is 13.3 Å². The number of alkyl halides is 2. The van der Waals surface area contributed by atoms with Gasteiger partial charge in [0.1, 0.15) is 0 Å². The molecule has 1 heterocycles. The van der Waals surface area contributed by atoms with Gasteiger partial charge in [0.05, 0.1) is 6.54 Å². The van der Waals surface area contributed by atoms with Crippen molar-refractivity contribution in [3.8, 4) is 11.5 Å². The molecule has 0 atom stereocenters. The Kier molecular flexibility index (Phi) is 3.56. The number of fused-ring (bicyclic) bond motifs is 1. The van der Waals surface area contributed by atoms with Crippen LogP contribution in [0.25, 0.3) is 0 Å². The average molecular weight is 229 g/mol. The fraction of sp³-hybridized carbons (Fsp3) is 0.455. The van der Waals surface area contributed by atoms with E-state index in [1.807, 2.05) is 18.2 Å². The molecule has 0 saturated heterocycles. The van der Waals surface area contributed by atoms with Gasteiger partial charge in [-0.15, -0.1) is 0 Å². The molecule has 0 bridgehead atoms. The van der Waals surface area contributed by atoms with E-state index in [4.69, 9.17) is 9.47 Å². The van der Waals surface area contributed by atoms with Crippen LogP contribution >= 0.6 is 0 Å². The van der Waals surface area contributed by atoms with Gasteiger partial charge in [-0.2, -0.15) is 0 Å². The van der Waals surface area contributed by atoms with E-state index in [0.717, 1.165) is 17.1 Å². The number of benzene rings is 1. The molecule has 0 saturated carbocycles. The van der Waals surface area contributed by atoms with E-state index in [0.29, 0.717) is 13.0 Å². The quantitative estimate of drug-likeness (QED) is 0.781. The maximum Gasteiger partial charge on any atom is 0.250 e. The highest BCUT2D eigenvalue weighted by Gasteiger charge is 2.12. The Bertz CT molecular complexity index is 358. The first kappa shape index (κ1) is 11.1. The Morgan fingerprint density at radius 2 is 2.06 bits per heavy atom. The summed E-state index contributed by atoms with van der Waals surface area (Å²) in [7, 11) is 0. The standard InChI is InChI=1S/C11H13F2NO2/c12-11(13)6-14-4-3-8-1-2-9-10(5-8)16-7-15-9/h1-2,5,11,14H,3-4,6-7H2. The molecule has 0 aliphatic carbocycles. The Balaban J connectivity index is 1.81. The van der Waals surface area contributed by atoms with Crippen LogP contribution in [-0.4, -0.2) is 26.3 Å². The van der Waals surface area contributed by atoms with E-state index in [9.17, 15) is 8.78 Å². The molecule has 3 nitrogen and oxygen atoms in total. The molecule has 1 aliphatic heterocycles. The van der Waals surface area contributed by atoms with Crippen molar-refractivity contribution in [1.82, 2.24) is 5.32 Å². The molecule has 1 aromatic carbocycles. The van der Waals surface area contributed by atoms with Crippen LogP contribution < -0.4 is 14.8 Å². The third-order valence-corrected chi connectivity index (χ3v) is 2.33. The number of halogens is 2. The smallest absolute Gasteiger partial charge is 0.250 e. The minimum atomic E-state index is -2.29. The molecular weight excluding hydrogens is 216 g/mol. The zero-order chi connectivity index (χ0) is 11.4. The summed E-state index contributed by atoms with van der Waals surface area (Å²) in [5, 5.41) is 2.68. The van der Waals surface area contributed by atoms with Gasteiger partial charge >= 0.3 is 0 Å². The monoisotopic (exact) mass is 229 g/mol. The molecule has 16 heavy (non-hydrogen) atoms. The number of rotatable bonds is 5. The Morgan fingerprint density at radius 1 is 1.25 bits per heavy atom. The summed E-state index contributed by atoms with van der Waals surface area (Å²) in [5.41, 5.74) is 1.05. The van der Waals surface area contributed by atoms with Crippen LogP contribution in [0.3, 0.4) is 0 Å². The zero-order valence-corrected chi connectivity index (χ0v) is 8.71. The van der Waals surface area contributed by atoms with Gasteiger partial charge in [-0.3, -0.25) is 0 Å². The molecule has 88 valence electrons. The minimum Gasteiger partial charge on any atom is -0.454 e. The van der Waals surface area contributed by atoms with Crippen molar-refractivity contribution >= 4 is 0 Å². The van der Waals surface area contributed by atoms with E-state index < -0.39 is 6.43 Å². The summed E-state index contributed by atoms with van der Waals surface area (Å²) < 4.78 is 34.1. The summed E-state index contributed by atoms with van der Waals surface area (Å²) >= 11 is 0. The third kappa shape index (κ3) is 2.82. The molecular formula is C11H13F2NO2. The maximum absolute atomic E-state index is 11.8. The van der Waals surface area contributed by atoms with Crippen LogP contribution in [-0.2, 0) is 6.42 Å². The Labute approximate surface area is 92.4 Å². The minimum absolute atomic E-state index is 0.252. The van der Waals surface area contributed by atoms with Gasteiger partial charge in [0.25, 0.3) is 6.43 Å². The second-order valence-electron chi connectivity index (χ2n) is 3.53. The summed E-state index contributed by atoms with van der Waals surface area (Å²) in [6.07, 6.45) is -1.60. The van der Waals surface area contributed by atoms with Crippen molar-refractivity contribution in [1.29, 1.82) is 0 Å². The lowest BCUT2D eigenvalue weighted by Gasteiger charge is -2.05. The molecule has 0 fully saturated rings. The molecule has 0 amide bonds. The first-order chi connectivity index (χ1) is 7.75. The summed E-state index contributed by atoms with van der Waals surface area (Å²) in [5.74, 6) is 1.47. The Hall–Kier alpha value is -1.36. The van der Waals surface area contributed by atoms with Gasteiger partial charge in [0, 0.05) is 0 Å². The molecule has 1 N–H and O–H groups in total. The first-order valence-electron chi connectivity index (χ1n) is 5.13. The topological polar surface area (TPSA) is 30.5 Å². The van der Waals surface area contributed by atoms with Crippen LogP contribution in [0.15, 0.2) is 18.2 Å². The summed E-state index contributed by atoms with van der Waals surface area (Å²) in [6, 6.07) is 5.63. The van der Waals surface area contributed by atoms with E-state index >= 15 is 0 Å². The number of hydrogen-bond acceptors (Lipinski definition) is 3. The van der Waals surface area contributed by atoms with Crippen molar-refractivity contribution in [2.75, 3.05) is 19.9 Å². The van der Waals surface area contributed by atoms with Crippen LogP contribution in [0.1, 0.15) is 5.56 Å². The van der Waals surface area contributed by atoms with E-state index in [1.165, 1.54) is 0 Å². The fourth-order valence-electron chi connectivity index (χ4n) is 1.54. The van der Waals surface area contributed by atoms with Gasteiger partial charge in [-0.1, -0.05) is 6.07 Å². The first-order valence-corrected chi connectivity index (χ1v) is 5.13. The van der Waals surface area contributed by atoms with E-state index in [1.54, 1.807) is 0 Å². The molecule has 2 rings (SSSR count). The Morgan fingerprint density at radius 3 is 2.88 bits per heavy atom. The lowest BCUT2D eigenvalue weighted by atomic mass is 10.1. The number of hydrogen-bond donors (Lipinski definition) is 1. The molecule has 0 radical (unpaired) electrons. The normalized spacial score (nSPS) is 13.4. The van der Waals surface area contributed by atoms with Crippen molar-refractivity contribution in [3.63, 3.8) is 0 Å². The second kappa shape index (κ2) is 5.12. The lowest BCUT2D eigenvalue weighted by molar-refractivity contribution is 0.146. The van der Waals surface area contributed by atoms with Gasteiger partial charge in [-0.25, -0.2) is 8.78 Å². The number of nitrogens with one attached hydrogen (secondary N) is 1. The second-order valence-corrected chi connectivity index (χ2v) is 3.53. The van der Waals surface area contributed by atoms with Crippen molar-refractivity contribution < 1.29 is 18.3 Å². The van der Waals surface area contributed by atoms with Gasteiger partial charge < -0.3 is 14.8 Å². The van der Waals surface area contributed by atoms with Gasteiger partial charge in [0.2, 0.25) is 6.79 Å². The van der Waals surface area contributed by atoms with E-state index in [2.05, 4.69) is 5.32 Å². The van der Waals surface area contributed by atoms with Crippen LogP contribution in [0.5, 0.6) is 11.5 Å². The molecule has 5 heteroatoms. The lowest BCUT2D eigenvalue weighted by Crippen LogP contribution is -2.23. The molecule has 0 aromatic heterocycles. The largest absolute Gasteiger partial charge is 0.454 e. The molecule has 1 aromatic rings. The highest BCUT2D eigenvalue weighted by atomic mass is 19.3. The number of ether oxygens (including phenoxy) is 2. The van der Waals surface area contributed by atoms with Crippen molar-refractivity contribution in [3.05, 3.63) is 23.8 Å². The highest BCUT2D eigenvalue weighted by molar-refractivity contribution is 5.44. The molecule has 0 unspecified atom stereocenters. The maximum atomic E-state index is 11.8. The molecule has 1 aliphatic rings. The average Bonchev–Trinajstić information content (AvgIpc) is 2.71. The predicted octanol–water partition coefficient (Wildman–Crippen LogP) is 1.81. The van der Waals surface area contributed by atoms with Crippen LogP contribution in [0, 0.1) is 0 Å². The van der Waals surface area contributed by atoms with Crippen molar-refractivity contribution in [2.24, 2.45) is 0 Å². The molecule has 0 spiro atoms. The van der Waals surface area contributed by atoms with Crippen LogP contribution in [0.2, 0.25) is 0 Å². The highest BCUT2D eigenvalue weighted by Crippen LogP contribution is 2.32. The zero-order valence-electron chi connectivity index (χ0n) is 8.71.